The molecule has 1 aromatic carbocycles. The van der Waals surface area contributed by atoms with E-state index in [9.17, 15) is 0 Å². The Balaban J connectivity index is 2.36. The van der Waals surface area contributed by atoms with Crippen LogP contribution in [0.3, 0.4) is 0 Å². The molecule has 3 heteroatoms. The average molecular weight is 261 g/mol. The van der Waals surface area contributed by atoms with Crippen LogP contribution in [0.4, 0.5) is 0 Å². The quantitative estimate of drug-likeness (QED) is 0.906. The molecule has 94 valence electrons. The maximum Gasteiger partial charge on any atom is 0.0751 e. The van der Waals surface area contributed by atoms with Crippen LogP contribution >= 0.6 is 11.6 Å². The Hall–Kier alpha value is -1.38. The van der Waals surface area contributed by atoms with Gasteiger partial charge in [0.15, 0.2) is 0 Å². The molecule has 1 unspecified atom stereocenters. The standard InChI is InChI=1S/C15H17ClN2/c1-3-17-15(12-6-4-5-11(2)9-12)14-8-7-13(16)10-18-14/h4-10,15,17H,3H2,1-2H3. The molecule has 0 aliphatic carbocycles. The molecule has 0 saturated heterocycles. The number of aryl methyl sites for hydroxylation is 1. The number of benzene rings is 1. The molecule has 2 rings (SSSR count). The Labute approximate surface area is 113 Å². The first-order chi connectivity index (χ1) is 8.70. The fourth-order valence-corrected chi connectivity index (χ4v) is 2.12. The van der Waals surface area contributed by atoms with E-state index in [-0.39, 0.29) is 6.04 Å². The maximum atomic E-state index is 5.88. The third-order valence-corrected chi connectivity index (χ3v) is 3.05. The van der Waals surface area contributed by atoms with Crippen LogP contribution in [-0.2, 0) is 0 Å². The summed E-state index contributed by atoms with van der Waals surface area (Å²) in [6.45, 7) is 5.09. The third-order valence-electron chi connectivity index (χ3n) is 2.83. The van der Waals surface area contributed by atoms with Crippen LogP contribution in [-0.4, -0.2) is 11.5 Å². The molecule has 0 radical (unpaired) electrons. The van der Waals surface area contributed by atoms with Gasteiger partial charge in [-0.3, -0.25) is 4.98 Å². The lowest BCUT2D eigenvalue weighted by Crippen LogP contribution is -2.22. The summed E-state index contributed by atoms with van der Waals surface area (Å²) in [7, 11) is 0. The van der Waals surface area contributed by atoms with Gasteiger partial charge < -0.3 is 5.32 Å². The smallest absolute Gasteiger partial charge is 0.0751 e. The number of hydrogen-bond acceptors (Lipinski definition) is 2. The van der Waals surface area contributed by atoms with E-state index in [1.165, 1.54) is 11.1 Å². The lowest BCUT2D eigenvalue weighted by Gasteiger charge is -2.18. The Kier molecular flexibility index (Phi) is 4.34. The number of rotatable bonds is 4. The molecule has 2 aromatic rings. The highest BCUT2D eigenvalue weighted by Crippen LogP contribution is 2.22. The van der Waals surface area contributed by atoms with E-state index in [2.05, 4.69) is 48.4 Å². The number of nitrogens with one attached hydrogen (secondary N) is 1. The van der Waals surface area contributed by atoms with Crippen LogP contribution in [0.15, 0.2) is 42.6 Å². The van der Waals surface area contributed by atoms with Crippen LogP contribution in [0, 0.1) is 6.92 Å². The van der Waals surface area contributed by atoms with Gasteiger partial charge >= 0.3 is 0 Å². The van der Waals surface area contributed by atoms with E-state index in [1.54, 1.807) is 6.20 Å². The second-order valence-electron chi connectivity index (χ2n) is 4.31. The van der Waals surface area contributed by atoms with Gasteiger partial charge in [0.25, 0.3) is 0 Å². The molecule has 1 heterocycles. The van der Waals surface area contributed by atoms with Crippen molar-refractivity contribution in [2.45, 2.75) is 19.9 Å². The predicted molar refractivity (Wildman–Crippen MR) is 75.9 cm³/mol. The highest BCUT2D eigenvalue weighted by atomic mass is 35.5. The summed E-state index contributed by atoms with van der Waals surface area (Å²) in [4.78, 5) is 4.41. The fraction of sp³-hybridized carbons (Fsp3) is 0.267. The summed E-state index contributed by atoms with van der Waals surface area (Å²) in [5, 5.41) is 4.12. The summed E-state index contributed by atoms with van der Waals surface area (Å²) < 4.78 is 0. The minimum absolute atomic E-state index is 0.118. The van der Waals surface area contributed by atoms with E-state index in [4.69, 9.17) is 11.6 Å². The first kappa shape index (κ1) is 13.1. The molecule has 0 amide bonds. The third kappa shape index (κ3) is 3.09. The molecule has 2 nitrogen and oxygen atoms in total. The minimum Gasteiger partial charge on any atom is -0.305 e. The number of nitrogens with zero attached hydrogens (tertiary/aromatic N) is 1. The second kappa shape index (κ2) is 5.98. The van der Waals surface area contributed by atoms with Crippen molar-refractivity contribution in [3.05, 3.63) is 64.4 Å². The van der Waals surface area contributed by atoms with Gasteiger partial charge in [0.1, 0.15) is 0 Å². The van der Waals surface area contributed by atoms with Crippen LogP contribution in [0.1, 0.15) is 29.8 Å². The molecule has 1 N–H and O–H groups in total. The highest BCUT2D eigenvalue weighted by molar-refractivity contribution is 6.30. The summed E-state index contributed by atoms with van der Waals surface area (Å²) >= 11 is 5.88. The van der Waals surface area contributed by atoms with Gasteiger partial charge in [0.05, 0.1) is 16.8 Å². The first-order valence-corrected chi connectivity index (χ1v) is 6.50. The van der Waals surface area contributed by atoms with Gasteiger partial charge in [-0.1, -0.05) is 48.4 Å². The molecule has 1 aromatic heterocycles. The van der Waals surface area contributed by atoms with E-state index in [1.807, 2.05) is 12.1 Å². The molecule has 0 fully saturated rings. The number of pyridine rings is 1. The van der Waals surface area contributed by atoms with Gasteiger partial charge in [0.2, 0.25) is 0 Å². The highest BCUT2D eigenvalue weighted by Gasteiger charge is 2.14. The van der Waals surface area contributed by atoms with Gasteiger partial charge in [-0.2, -0.15) is 0 Å². The molecule has 18 heavy (non-hydrogen) atoms. The van der Waals surface area contributed by atoms with Crippen molar-refractivity contribution in [3.63, 3.8) is 0 Å². The topological polar surface area (TPSA) is 24.9 Å². The van der Waals surface area contributed by atoms with Gasteiger partial charge in [-0.25, -0.2) is 0 Å². The normalized spacial score (nSPS) is 12.4. The zero-order valence-electron chi connectivity index (χ0n) is 10.7. The molecule has 0 bridgehead atoms. The van der Waals surface area contributed by atoms with Crippen molar-refractivity contribution in [2.24, 2.45) is 0 Å². The monoisotopic (exact) mass is 260 g/mol. The maximum absolute atomic E-state index is 5.88. The summed E-state index contributed by atoms with van der Waals surface area (Å²) in [5.41, 5.74) is 3.47. The van der Waals surface area contributed by atoms with E-state index in [0.717, 1.165) is 12.2 Å². The van der Waals surface area contributed by atoms with Crippen LogP contribution in [0.25, 0.3) is 0 Å². The molecule has 0 aliphatic heterocycles. The lowest BCUT2D eigenvalue weighted by atomic mass is 10.0. The largest absolute Gasteiger partial charge is 0.305 e. The van der Waals surface area contributed by atoms with Gasteiger partial charge in [-0.05, 0) is 31.2 Å². The molecule has 0 saturated carbocycles. The molecular weight excluding hydrogens is 244 g/mol. The Morgan fingerprint density at radius 1 is 1.28 bits per heavy atom. The number of hydrogen-bond donors (Lipinski definition) is 1. The van der Waals surface area contributed by atoms with Crippen molar-refractivity contribution in [3.8, 4) is 0 Å². The van der Waals surface area contributed by atoms with Crippen LogP contribution < -0.4 is 5.32 Å². The SMILES string of the molecule is CCNC(c1cccc(C)c1)c1ccc(Cl)cn1. The van der Waals surface area contributed by atoms with Crippen molar-refractivity contribution in [2.75, 3.05) is 6.54 Å². The van der Waals surface area contributed by atoms with E-state index in [0.29, 0.717) is 5.02 Å². The minimum atomic E-state index is 0.118. The molecule has 1 atom stereocenters. The van der Waals surface area contributed by atoms with Crippen molar-refractivity contribution < 1.29 is 0 Å². The molecule has 0 spiro atoms. The van der Waals surface area contributed by atoms with Gasteiger partial charge in [0, 0.05) is 6.20 Å². The molecular formula is C15H17ClN2. The Morgan fingerprint density at radius 2 is 2.11 bits per heavy atom. The predicted octanol–water partition coefficient (Wildman–Crippen LogP) is 3.74. The summed E-state index contributed by atoms with van der Waals surface area (Å²) in [6, 6.07) is 12.4. The zero-order chi connectivity index (χ0) is 13.0. The molecule has 0 aliphatic rings. The fourth-order valence-electron chi connectivity index (χ4n) is 2.01. The zero-order valence-corrected chi connectivity index (χ0v) is 11.4. The summed E-state index contributed by atoms with van der Waals surface area (Å²) in [5.74, 6) is 0. The lowest BCUT2D eigenvalue weighted by molar-refractivity contribution is 0.615. The Bertz CT molecular complexity index is 508. The van der Waals surface area contributed by atoms with E-state index < -0.39 is 0 Å². The second-order valence-corrected chi connectivity index (χ2v) is 4.74. The summed E-state index contributed by atoms with van der Waals surface area (Å²) in [6.07, 6.45) is 1.69. The van der Waals surface area contributed by atoms with Crippen molar-refractivity contribution >= 4 is 11.6 Å². The van der Waals surface area contributed by atoms with Crippen LogP contribution in [0.5, 0.6) is 0 Å². The van der Waals surface area contributed by atoms with Crippen LogP contribution in [0.2, 0.25) is 5.02 Å². The number of halogens is 1. The van der Waals surface area contributed by atoms with Crippen molar-refractivity contribution in [1.29, 1.82) is 0 Å². The van der Waals surface area contributed by atoms with Gasteiger partial charge in [-0.15, -0.1) is 0 Å². The Morgan fingerprint density at radius 3 is 2.72 bits per heavy atom. The van der Waals surface area contributed by atoms with Crippen molar-refractivity contribution in [1.82, 2.24) is 10.3 Å². The van der Waals surface area contributed by atoms with E-state index >= 15 is 0 Å². The average Bonchev–Trinajstić information content (AvgIpc) is 2.37. The first-order valence-electron chi connectivity index (χ1n) is 6.12. The number of aromatic nitrogens is 1.